The van der Waals surface area contributed by atoms with Gasteiger partial charge in [0.25, 0.3) is 5.91 Å². The minimum atomic E-state index is -0.847. The minimum absolute atomic E-state index is 0.194. The first-order valence-corrected chi connectivity index (χ1v) is 8.62. The number of hydrogen-bond acceptors (Lipinski definition) is 3. The first-order chi connectivity index (χ1) is 12.5. The van der Waals surface area contributed by atoms with Crippen molar-refractivity contribution in [2.75, 3.05) is 11.4 Å². The van der Waals surface area contributed by atoms with Crippen LogP contribution < -0.4 is 15.5 Å². The molecule has 0 bridgehead atoms. The Balaban J connectivity index is 1.65. The summed E-state index contributed by atoms with van der Waals surface area (Å²) in [4.78, 5) is 38.4. The fourth-order valence-corrected chi connectivity index (χ4v) is 3.04. The van der Waals surface area contributed by atoms with Gasteiger partial charge < -0.3 is 15.5 Å². The summed E-state index contributed by atoms with van der Waals surface area (Å²) in [5.41, 5.74) is 2.26. The lowest BCUT2D eigenvalue weighted by atomic mass is 10.1. The maximum atomic E-state index is 12.5. The number of rotatable bonds is 4. The number of nitrogens with zero attached hydrogens (tertiary/aromatic N) is 1. The van der Waals surface area contributed by atoms with Gasteiger partial charge in [-0.2, -0.15) is 0 Å². The van der Waals surface area contributed by atoms with Crippen LogP contribution in [0.15, 0.2) is 48.5 Å². The number of fused-ring (bicyclic) bond motifs is 1. The van der Waals surface area contributed by atoms with Crippen molar-refractivity contribution in [2.45, 2.75) is 19.5 Å². The van der Waals surface area contributed by atoms with E-state index in [1.165, 1.54) is 0 Å². The lowest BCUT2D eigenvalue weighted by Crippen LogP contribution is -2.44. The molecule has 1 heterocycles. The smallest absolute Gasteiger partial charge is 0.310 e. The third kappa shape index (κ3) is 3.55. The molecule has 2 aromatic carbocycles. The third-order valence-electron chi connectivity index (χ3n) is 4.22. The van der Waals surface area contributed by atoms with Gasteiger partial charge in [-0.05, 0) is 30.7 Å². The minimum Gasteiger partial charge on any atom is -0.344 e. The molecule has 3 rings (SSSR count). The summed E-state index contributed by atoms with van der Waals surface area (Å²) in [6, 6.07) is 13.3. The Labute approximate surface area is 156 Å². The maximum absolute atomic E-state index is 12.5. The van der Waals surface area contributed by atoms with Gasteiger partial charge in [-0.25, -0.2) is 0 Å². The van der Waals surface area contributed by atoms with E-state index >= 15 is 0 Å². The Bertz CT molecular complexity index is 851. The Morgan fingerprint density at radius 1 is 1.08 bits per heavy atom. The lowest BCUT2D eigenvalue weighted by molar-refractivity contribution is -0.140. The van der Waals surface area contributed by atoms with Crippen molar-refractivity contribution in [3.63, 3.8) is 0 Å². The van der Waals surface area contributed by atoms with Crippen molar-refractivity contribution in [3.05, 3.63) is 64.7 Å². The van der Waals surface area contributed by atoms with Crippen molar-refractivity contribution >= 4 is 35.0 Å². The van der Waals surface area contributed by atoms with Gasteiger partial charge >= 0.3 is 11.8 Å². The van der Waals surface area contributed by atoms with E-state index in [9.17, 15) is 14.4 Å². The van der Waals surface area contributed by atoms with Crippen molar-refractivity contribution in [1.29, 1.82) is 0 Å². The highest BCUT2D eigenvalue weighted by Gasteiger charge is 2.37. The molecule has 2 aromatic rings. The molecule has 0 saturated heterocycles. The van der Waals surface area contributed by atoms with Gasteiger partial charge in [0, 0.05) is 29.4 Å². The van der Waals surface area contributed by atoms with Crippen LogP contribution in [0, 0.1) is 0 Å². The molecule has 0 spiro atoms. The summed E-state index contributed by atoms with van der Waals surface area (Å²) >= 11 is 5.81. The Hall–Kier alpha value is -2.86. The number of carbonyl (C=O) groups is 3. The molecular weight excluding hydrogens is 354 g/mol. The van der Waals surface area contributed by atoms with Crippen molar-refractivity contribution in [3.8, 4) is 0 Å². The number of halogens is 1. The molecular formula is C19H18ClN3O3. The number of nitrogens with one attached hydrogen (secondary N) is 2. The van der Waals surface area contributed by atoms with Crippen molar-refractivity contribution in [1.82, 2.24) is 10.6 Å². The van der Waals surface area contributed by atoms with Gasteiger partial charge in [-0.1, -0.05) is 41.9 Å². The zero-order valence-corrected chi connectivity index (χ0v) is 14.9. The zero-order chi connectivity index (χ0) is 18.7. The van der Waals surface area contributed by atoms with Gasteiger partial charge in [-0.3, -0.25) is 14.4 Å². The summed E-state index contributed by atoms with van der Waals surface area (Å²) in [5, 5.41) is 5.66. The maximum Gasteiger partial charge on any atom is 0.310 e. The summed E-state index contributed by atoms with van der Waals surface area (Å²) in [6.07, 6.45) is 0. The van der Waals surface area contributed by atoms with E-state index in [0.29, 0.717) is 17.1 Å². The SMILES string of the molecule is CCN1C(=O)[C@H](NC(=O)C(=O)NCc2ccc(Cl)cc2)c2ccccc21. The van der Waals surface area contributed by atoms with Crippen LogP contribution in [-0.4, -0.2) is 24.3 Å². The first kappa shape index (κ1) is 17.9. The lowest BCUT2D eigenvalue weighted by Gasteiger charge is -2.15. The van der Waals surface area contributed by atoms with Crippen LogP contribution in [0.5, 0.6) is 0 Å². The van der Waals surface area contributed by atoms with E-state index in [4.69, 9.17) is 11.6 Å². The van der Waals surface area contributed by atoms with Crippen LogP contribution in [0.25, 0.3) is 0 Å². The van der Waals surface area contributed by atoms with E-state index in [0.717, 1.165) is 11.3 Å². The second-order valence-corrected chi connectivity index (χ2v) is 6.29. The Morgan fingerprint density at radius 3 is 2.46 bits per heavy atom. The number of hydrogen-bond donors (Lipinski definition) is 2. The molecule has 0 fully saturated rings. The molecule has 26 heavy (non-hydrogen) atoms. The van der Waals surface area contributed by atoms with Crippen LogP contribution in [0.2, 0.25) is 5.02 Å². The van der Waals surface area contributed by atoms with E-state index in [1.54, 1.807) is 41.3 Å². The second-order valence-electron chi connectivity index (χ2n) is 5.86. The molecule has 6 nitrogen and oxygen atoms in total. The molecule has 0 radical (unpaired) electrons. The molecule has 0 unspecified atom stereocenters. The highest BCUT2D eigenvalue weighted by Crippen LogP contribution is 2.35. The summed E-state index contributed by atoms with van der Waals surface area (Å²) in [7, 11) is 0. The predicted molar refractivity (Wildman–Crippen MR) is 98.7 cm³/mol. The number of benzene rings is 2. The number of anilines is 1. The normalized spacial score (nSPS) is 15.5. The van der Waals surface area contributed by atoms with Crippen LogP contribution in [0.3, 0.4) is 0 Å². The summed E-state index contributed by atoms with van der Waals surface area (Å²) < 4.78 is 0. The number of para-hydroxylation sites is 1. The molecule has 3 amide bonds. The molecule has 7 heteroatoms. The fourth-order valence-electron chi connectivity index (χ4n) is 2.91. The van der Waals surface area contributed by atoms with Gasteiger partial charge in [-0.15, -0.1) is 0 Å². The van der Waals surface area contributed by atoms with Crippen LogP contribution in [0.4, 0.5) is 5.69 Å². The summed E-state index contributed by atoms with van der Waals surface area (Å²) in [5.74, 6) is -1.88. The van der Waals surface area contributed by atoms with E-state index in [2.05, 4.69) is 10.6 Å². The number of likely N-dealkylation sites (N-methyl/N-ethyl adjacent to an activating group) is 1. The second kappa shape index (κ2) is 7.58. The van der Waals surface area contributed by atoms with Crippen LogP contribution >= 0.6 is 11.6 Å². The largest absolute Gasteiger partial charge is 0.344 e. The topological polar surface area (TPSA) is 78.5 Å². The summed E-state index contributed by atoms with van der Waals surface area (Å²) in [6.45, 7) is 2.54. The van der Waals surface area contributed by atoms with E-state index in [1.807, 2.05) is 19.1 Å². The van der Waals surface area contributed by atoms with Crippen molar-refractivity contribution < 1.29 is 14.4 Å². The highest BCUT2D eigenvalue weighted by atomic mass is 35.5. The first-order valence-electron chi connectivity index (χ1n) is 8.24. The van der Waals surface area contributed by atoms with Gasteiger partial charge in [0.05, 0.1) is 0 Å². The number of carbonyl (C=O) groups excluding carboxylic acids is 3. The fraction of sp³-hybridized carbons (Fsp3) is 0.211. The Kier molecular flexibility index (Phi) is 5.23. The van der Waals surface area contributed by atoms with Gasteiger partial charge in [0.1, 0.15) is 6.04 Å². The average Bonchev–Trinajstić information content (AvgIpc) is 2.92. The monoisotopic (exact) mass is 371 g/mol. The third-order valence-corrected chi connectivity index (χ3v) is 4.47. The predicted octanol–water partition coefficient (Wildman–Crippen LogP) is 2.18. The number of amides is 3. The molecule has 0 aromatic heterocycles. The van der Waals surface area contributed by atoms with E-state index in [-0.39, 0.29) is 12.5 Å². The molecule has 1 atom stereocenters. The quantitative estimate of drug-likeness (QED) is 0.808. The molecule has 1 aliphatic rings. The Morgan fingerprint density at radius 2 is 1.77 bits per heavy atom. The van der Waals surface area contributed by atoms with Gasteiger partial charge in [0.2, 0.25) is 0 Å². The van der Waals surface area contributed by atoms with E-state index < -0.39 is 17.9 Å². The van der Waals surface area contributed by atoms with Crippen molar-refractivity contribution in [2.24, 2.45) is 0 Å². The zero-order valence-electron chi connectivity index (χ0n) is 14.2. The highest BCUT2D eigenvalue weighted by molar-refractivity contribution is 6.35. The molecule has 2 N–H and O–H groups in total. The van der Waals surface area contributed by atoms with Gasteiger partial charge in [0.15, 0.2) is 0 Å². The molecule has 134 valence electrons. The molecule has 0 saturated carbocycles. The molecule has 0 aliphatic carbocycles. The standard InChI is InChI=1S/C19H18ClN3O3/c1-2-23-15-6-4-3-5-14(15)16(19(23)26)22-18(25)17(24)21-11-12-7-9-13(20)10-8-12/h3-10,16H,2,11H2,1H3,(H,21,24)(H,22,25)/t16-/m1/s1. The van der Waals surface area contributed by atoms with Crippen LogP contribution in [-0.2, 0) is 20.9 Å². The average molecular weight is 372 g/mol. The molecule has 1 aliphatic heterocycles. The van der Waals surface area contributed by atoms with Crippen LogP contribution in [0.1, 0.15) is 24.1 Å².